The van der Waals surface area contributed by atoms with Gasteiger partial charge < -0.3 is 19.5 Å². The fourth-order valence-corrected chi connectivity index (χ4v) is 4.23. The SMILES string of the molecule is COc1ccc(CN2C(=O)C(=O)/C(=C(\O)c3ccc(OCC(C)C)c(C)c3)C2c2ccncc2)cc1. The summed E-state index contributed by atoms with van der Waals surface area (Å²) in [5.74, 6) is 0.183. The predicted molar refractivity (Wildman–Crippen MR) is 137 cm³/mol. The minimum Gasteiger partial charge on any atom is -0.507 e. The van der Waals surface area contributed by atoms with E-state index in [4.69, 9.17) is 9.47 Å². The van der Waals surface area contributed by atoms with Crippen LogP contribution in [0.3, 0.4) is 0 Å². The van der Waals surface area contributed by atoms with Crippen LogP contribution in [0.15, 0.2) is 72.6 Å². The molecule has 0 aliphatic carbocycles. The van der Waals surface area contributed by atoms with Crippen LogP contribution in [-0.4, -0.2) is 40.4 Å². The first-order valence-electron chi connectivity index (χ1n) is 11.8. The number of pyridine rings is 1. The van der Waals surface area contributed by atoms with Crippen molar-refractivity contribution < 1.29 is 24.2 Å². The number of rotatable bonds is 8. The first-order valence-corrected chi connectivity index (χ1v) is 11.8. The third kappa shape index (κ3) is 5.10. The molecule has 2 heterocycles. The number of hydrogen-bond acceptors (Lipinski definition) is 6. The van der Waals surface area contributed by atoms with Crippen molar-refractivity contribution in [1.29, 1.82) is 0 Å². The van der Waals surface area contributed by atoms with Crippen molar-refractivity contribution in [2.75, 3.05) is 13.7 Å². The van der Waals surface area contributed by atoms with Crippen LogP contribution >= 0.6 is 0 Å². The van der Waals surface area contributed by atoms with E-state index in [1.54, 1.807) is 62.0 Å². The maximum atomic E-state index is 13.3. The average Bonchev–Trinajstić information content (AvgIpc) is 3.13. The molecular formula is C29H30N2O5. The Morgan fingerprint density at radius 3 is 2.36 bits per heavy atom. The lowest BCUT2D eigenvalue weighted by atomic mass is 9.95. The fourth-order valence-electron chi connectivity index (χ4n) is 4.23. The number of aryl methyl sites for hydroxylation is 1. The number of ether oxygens (including phenoxy) is 2. The van der Waals surface area contributed by atoms with Gasteiger partial charge in [0.2, 0.25) is 0 Å². The maximum absolute atomic E-state index is 13.3. The number of Topliss-reactive ketones (excluding diaryl/α,β-unsaturated/α-hetero) is 1. The number of carbonyl (C=O) groups is 2. The first-order chi connectivity index (χ1) is 17.3. The van der Waals surface area contributed by atoms with E-state index < -0.39 is 17.7 Å². The number of benzene rings is 2. The molecule has 0 radical (unpaired) electrons. The van der Waals surface area contributed by atoms with Crippen LogP contribution in [0.4, 0.5) is 0 Å². The van der Waals surface area contributed by atoms with Gasteiger partial charge in [-0.1, -0.05) is 26.0 Å². The third-order valence-corrected chi connectivity index (χ3v) is 6.09. The van der Waals surface area contributed by atoms with E-state index in [0.717, 1.165) is 11.1 Å². The van der Waals surface area contributed by atoms with Gasteiger partial charge in [-0.05, 0) is 72.0 Å². The number of likely N-dealkylation sites (tertiary alicyclic amines) is 1. The summed E-state index contributed by atoms with van der Waals surface area (Å²) in [4.78, 5) is 32.0. The minimum atomic E-state index is -0.757. The summed E-state index contributed by atoms with van der Waals surface area (Å²) in [5.41, 5.74) is 2.85. The second-order valence-corrected chi connectivity index (χ2v) is 9.24. The minimum absolute atomic E-state index is 0.0509. The normalized spacial score (nSPS) is 17.0. The van der Waals surface area contributed by atoms with Crippen LogP contribution in [0.5, 0.6) is 11.5 Å². The number of amides is 1. The molecule has 2 aromatic carbocycles. The fraction of sp³-hybridized carbons (Fsp3) is 0.276. The van der Waals surface area contributed by atoms with E-state index in [1.807, 2.05) is 19.1 Å². The molecule has 0 bridgehead atoms. The number of carbonyl (C=O) groups excluding carboxylic acids is 2. The van der Waals surface area contributed by atoms with Crippen LogP contribution in [-0.2, 0) is 16.1 Å². The smallest absolute Gasteiger partial charge is 0.295 e. The largest absolute Gasteiger partial charge is 0.507 e. The Labute approximate surface area is 211 Å². The quantitative estimate of drug-likeness (QED) is 0.272. The molecule has 3 aromatic rings. The number of hydrogen-bond donors (Lipinski definition) is 1. The molecule has 1 fully saturated rings. The summed E-state index contributed by atoms with van der Waals surface area (Å²) in [7, 11) is 1.59. The molecule has 7 nitrogen and oxygen atoms in total. The lowest BCUT2D eigenvalue weighted by Crippen LogP contribution is -2.29. The van der Waals surface area contributed by atoms with Gasteiger partial charge in [-0.15, -0.1) is 0 Å². The maximum Gasteiger partial charge on any atom is 0.295 e. The van der Waals surface area contributed by atoms with Gasteiger partial charge in [-0.3, -0.25) is 14.6 Å². The Bertz CT molecular complexity index is 1280. The van der Waals surface area contributed by atoms with Crippen LogP contribution < -0.4 is 9.47 Å². The summed E-state index contributed by atoms with van der Waals surface area (Å²) in [6.07, 6.45) is 3.21. The highest BCUT2D eigenvalue weighted by molar-refractivity contribution is 6.46. The summed E-state index contributed by atoms with van der Waals surface area (Å²) in [6, 6.07) is 15.3. The van der Waals surface area contributed by atoms with E-state index >= 15 is 0 Å². The number of aliphatic hydroxyl groups excluding tert-OH is 1. The van der Waals surface area contributed by atoms with E-state index in [-0.39, 0.29) is 17.9 Å². The molecule has 36 heavy (non-hydrogen) atoms. The second kappa shape index (κ2) is 10.6. The van der Waals surface area contributed by atoms with E-state index in [2.05, 4.69) is 18.8 Å². The summed E-state index contributed by atoms with van der Waals surface area (Å²) in [6.45, 7) is 6.79. The van der Waals surface area contributed by atoms with Gasteiger partial charge in [0.1, 0.15) is 17.3 Å². The molecule has 4 rings (SSSR count). The number of ketones is 1. The molecule has 7 heteroatoms. The molecule has 1 N–H and O–H groups in total. The van der Waals surface area contributed by atoms with Crippen molar-refractivity contribution in [2.24, 2.45) is 5.92 Å². The van der Waals surface area contributed by atoms with Crippen molar-refractivity contribution in [3.8, 4) is 11.5 Å². The number of nitrogens with zero attached hydrogens (tertiary/aromatic N) is 2. The van der Waals surface area contributed by atoms with E-state index in [9.17, 15) is 14.7 Å². The molecule has 1 aromatic heterocycles. The molecule has 1 unspecified atom stereocenters. The topological polar surface area (TPSA) is 89.0 Å². The molecule has 0 spiro atoms. The Kier molecular flexibility index (Phi) is 7.38. The van der Waals surface area contributed by atoms with Crippen LogP contribution in [0.25, 0.3) is 5.76 Å². The molecule has 1 saturated heterocycles. The molecule has 186 valence electrons. The Balaban J connectivity index is 1.75. The van der Waals surface area contributed by atoms with Crippen molar-refractivity contribution in [2.45, 2.75) is 33.4 Å². The average molecular weight is 487 g/mol. The summed E-state index contributed by atoms with van der Waals surface area (Å²) in [5, 5.41) is 11.3. The zero-order valence-electron chi connectivity index (χ0n) is 20.9. The zero-order valence-corrected chi connectivity index (χ0v) is 20.9. The highest BCUT2D eigenvalue weighted by Crippen LogP contribution is 2.40. The van der Waals surface area contributed by atoms with E-state index in [1.165, 1.54) is 4.90 Å². The van der Waals surface area contributed by atoms with Crippen LogP contribution in [0, 0.1) is 12.8 Å². The number of aliphatic hydroxyl groups is 1. The molecule has 1 atom stereocenters. The van der Waals surface area contributed by atoms with Gasteiger partial charge in [-0.25, -0.2) is 0 Å². The third-order valence-electron chi connectivity index (χ3n) is 6.09. The van der Waals surface area contributed by atoms with Gasteiger partial charge >= 0.3 is 0 Å². The molecule has 1 aliphatic heterocycles. The Morgan fingerprint density at radius 2 is 1.75 bits per heavy atom. The highest BCUT2D eigenvalue weighted by Gasteiger charge is 2.46. The first kappa shape index (κ1) is 25.0. The molecular weight excluding hydrogens is 456 g/mol. The van der Waals surface area contributed by atoms with Gasteiger partial charge in [0.05, 0.1) is 25.3 Å². The zero-order chi connectivity index (χ0) is 25.8. The van der Waals surface area contributed by atoms with Gasteiger partial charge in [0, 0.05) is 24.5 Å². The monoisotopic (exact) mass is 486 g/mol. The molecule has 0 saturated carbocycles. The van der Waals surface area contributed by atoms with Crippen molar-refractivity contribution in [3.05, 3.63) is 94.8 Å². The van der Waals surface area contributed by atoms with Crippen LogP contribution in [0.1, 0.15) is 42.1 Å². The van der Waals surface area contributed by atoms with Crippen molar-refractivity contribution in [3.63, 3.8) is 0 Å². The van der Waals surface area contributed by atoms with Gasteiger partial charge in [-0.2, -0.15) is 0 Å². The Morgan fingerprint density at radius 1 is 1.06 bits per heavy atom. The van der Waals surface area contributed by atoms with Crippen molar-refractivity contribution >= 4 is 17.4 Å². The van der Waals surface area contributed by atoms with E-state index in [0.29, 0.717) is 35.2 Å². The highest BCUT2D eigenvalue weighted by atomic mass is 16.5. The Hall–Kier alpha value is -4.13. The summed E-state index contributed by atoms with van der Waals surface area (Å²) >= 11 is 0. The van der Waals surface area contributed by atoms with Crippen molar-refractivity contribution in [1.82, 2.24) is 9.88 Å². The van der Waals surface area contributed by atoms with Gasteiger partial charge in [0.15, 0.2) is 0 Å². The number of methoxy groups -OCH3 is 1. The summed E-state index contributed by atoms with van der Waals surface area (Å²) < 4.78 is 11.1. The predicted octanol–water partition coefficient (Wildman–Crippen LogP) is 5.06. The standard InChI is InChI=1S/C29H30N2O5/c1-18(2)17-36-24-10-7-22(15-19(24)3)27(32)25-26(21-11-13-30-14-12-21)31(29(34)28(25)33)16-20-5-8-23(35-4)9-6-20/h5-15,18,26,32H,16-17H2,1-4H3/b27-25-. The lowest BCUT2D eigenvalue weighted by Gasteiger charge is -2.25. The lowest BCUT2D eigenvalue weighted by molar-refractivity contribution is -0.140. The number of aromatic nitrogens is 1. The van der Waals surface area contributed by atoms with Crippen LogP contribution in [0.2, 0.25) is 0 Å². The second-order valence-electron chi connectivity index (χ2n) is 9.24. The molecule has 1 amide bonds. The van der Waals surface area contributed by atoms with Gasteiger partial charge in [0.25, 0.3) is 11.7 Å². The molecule has 1 aliphatic rings.